The van der Waals surface area contributed by atoms with Crippen LogP contribution in [0.2, 0.25) is 0 Å². The Kier molecular flexibility index (Phi) is 5.33. The first-order valence-electron chi connectivity index (χ1n) is 6.11. The molecule has 1 atom stereocenters. The number of aryl methyl sites for hydroxylation is 1. The lowest BCUT2D eigenvalue weighted by Gasteiger charge is -2.18. The molecule has 1 unspecified atom stereocenters. The Morgan fingerprint density at radius 3 is 2.56 bits per heavy atom. The molecule has 1 rings (SSSR count). The lowest BCUT2D eigenvalue weighted by Crippen LogP contribution is -2.33. The van der Waals surface area contributed by atoms with E-state index < -0.39 is 0 Å². The molecule has 0 bridgehead atoms. The Morgan fingerprint density at radius 1 is 1.25 bits per heavy atom. The van der Waals surface area contributed by atoms with Crippen LogP contribution in [0.15, 0.2) is 24.3 Å². The van der Waals surface area contributed by atoms with Gasteiger partial charge >= 0.3 is 0 Å². The Hall–Kier alpha value is -1.02. The van der Waals surface area contributed by atoms with Crippen LogP contribution >= 0.6 is 0 Å². The summed E-state index contributed by atoms with van der Waals surface area (Å²) in [5.41, 5.74) is 7.24. The number of para-hydroxylation sites is 1. The Morgan fingerprint density at radius 2 is 1.94 bits per heavy atom. The highest BCUT2D eigenvalue weighted by atomic mass is 16.5. The molecule has 0 saturated carbocycles. The van der Waals surface area contributed by atoms with Crippen molar-refractivity contribution in [1.82, 2.24) is 0 Å². The van der Waals surface area contributed by atoms with E-state index in [1.807, 2.05) is 12.1 Å². The molecule has 0 fully saturated rings. The summed E-state index contributed by atoms with van der Waals surface area (Å²) in [6.45, 7) is 7.01. The van der Waals surface area contributed by atoms with Gasteiger partial charge in [-0.05, 0) is 24.0 Å². The first-order chi connectivity index (χ1) is 7.65. The van der Waals surface area contributed by atoms with E-state index in [2.05, 4.69) is 32.9 Å². The van der Waals surface area contributed by atoms with Gasteiger partial charge in [0.05, 0.1) is 0 Å². The largest absolute Gasteiger partial charge is 0.492 e. The van der Waals surface area contributed by atoms with E-state index in [1.165, 1.54) is 5.56 Å². The second-order valence-corrected chi connectivity index (χ2v) is 4.58. The van der Waals surface area contributed by atoms with Crippen molar-refractivity contribution < 1.29 is 4.74 Å². The summed E-state index contributed by atoms with van der Waals surface area (Å²) in [6, 6.07) is 8.32. The molecule has 1 aromatic carbocycles. The van der Waals surface area contributed by atoms with Crippen molar-refractivity contribution in [2.45, 2.75) is 39.7 Å². The van der Waals surface area contributed by atoms with Crippen molar-refractivity contribution in [3.05, 3.63) is 29.8 Å². The molecular weight excluding hydrogens is 198 g/mol. The zero-order valence-corrected chi connectivity index (χ0v) is 10.6. The number of benzene rings is 1. The molecule has 0 saturated heterocycles. The Labute approximate surface area is 98.8 Å². The molecule has 0 aromatic heterocycles. The van der Waals surface area contributed by atoms with Gasteiger partial charge in [0.15, 0.2) is 0 Å². The lowest BCUT2D eigenvalue weighted by atomic mass is 10.1. The first kappa shape index (κ1) is 13.0. The molecule has 2 heteroatoms. The van der Waals surface area contributed by atoms with Crippen LogP contribution in [0.4, 0.5) is 0 Å². The fourth-order valence-corrected chi connectivity index (χ4v) is 1.50. The number of rotatable bonds is 6. The van der Waals surface area contributed by atoms with Crippen LogP contribution in [-0.4, -0.2) is 12.6 Å². The van der Waals surface area contributed by atoms with E-state index in [0.29, 0.717) is 12.5 Å². The van der Waals surface area contributed by atoms with Crippen LogP contribution in [0, 0.1) is 5.92 Å². The lowest BCUT2D eigenvalue weighted by molar-refractivity contribution is 0.257. The minimum absolute atomic E-state index is 0.106. The second kappa shape index (κ2) is 6.54. The second-order valence-electron chi connectivity index (χ2n) is 4.58. The van der Waals surface area contributed by atoms with Crippen molar-refractivity contribution in [3.8, 4) is 5.75 Å². The molecule has 0 amide bonds. The molecule has 0 aliphatic carbocycles. The fourth-order valence-electron chi connectivity index (χ4n) is 1.50. The smallest absolute Gasteiger partial charge is 0.122 e. The SMILES string of the molecule is CCCc1ccccc1OCC(N)C(C)C. The molecule has 2 nitrogen and oxygen atoms in total. The average Bonchev–Trinajstić information content (AvgIpc) is 2.27. The van der Waals surface area contributed by atoms with E-state index >= 15 is 0 Å². The number of nitrogens with two attached hydrogens (primary N) is 1. The summed E-state index contributed by atoms with van der Waals surface area (Å²) in [5.74, 6) is 1.44. The Bertz CT molecular complexity index is 309. The normalized spacial score (nSPS) is 12.8. The van der Waals surface area contributed by atoms with E-state index in [-0.39, 0.29) is 6.04 Å². The highest BCUT2D eigenvalue weighted by Gasteiger charge is 2.09. The van der Waals surface area contributed by atoms with E-state index in [4.69, 9.17) is 10.5 Å². The summed E-state index contributed by atoms with van der Waals surface area (Å²) in [6.07, 6.45) is 2.20. The van der Waals surface area contributed by atoms with E-state index in [0.717, 1.165) is 18.6 Å². The van der Waals surface area contributed by atoms with Crippen molar-refractivity contribution in [1.29, 1.82) is 0 Å². The van der Waals surface area contributed by atoms with Gasteiger partial charge in [0.1, 0.15) is 12.4 Å². The van der Waals surface area contributed by atoms with E-state index in [9.17, 15) is 0 Å². The molecule has 0 aliphatic heterocycles. The van der Waals surface area contributed by atoms with Gasteiger partial charge in [-0.15, -0.1) is 0 Å². The summed E-state index contributed by atoms with van der Waals surface area (Å²) >= 11 is 0. The molecule has 0 spiro atoms. The highest BCUT2D eigenvalue weighted by molar-refractivity contribution is 5.33. The van der Waals surface area contributed by atoms with Crippen LogP contribution in [0.5, 0.6) is 5.75 Å². The third-order valence-electron chi connectivity index (χ3n) is 2.78. The highest BCUT2D eigenvalue weighted by Crippen LogP contribution is 2.19. The van der Waals surface area contributed by atoms with Gasteiger partial charge in [-0.2, -0.15) is 0 Å². The third kappa shape index (κ3) is 3.86. The van der Waals surface area contributed by atoms with E-state index in [1.54, 1.807) is 0 Å². The van der Waals surface area contributed by atoms with Gasteiger partial charge in [-0.1, -0.05) is 45.4 Å². The molecule has 0 heterocycles. The van der Waals surface area contributed by atoms with Crippen molar-refractivity contribution in [2.24, 2.45) is 11.7 Å². The summed E-state index contributed by atoms with van der Waals surface area (Å²) in [4.78, 5) is 0. The van der Waals surface area contributed by atoms with Gasteiger partial charge in [-0.25, -0.2) is 0 Å². The predicted molar refractivity (Wildman–Crippen MR) is 68.7 cm³/mol. The molecule has 90 valence electrons. The van der Waals surface area contributed by atoms with Gasteiger partial charge in [0, 0.05) is 6.04 Å². The molecule has 0 aliphatic rings. The van der Waals surface area contributed by atoms with Crippen LogP contribution < -0.4 is 10.5 Å². The molecule has 16 heavy (non-hydrogen) atoms. The maximum atomic E-state index is 5.96. The average molecular weight is 221 g/mol. The monoisotopic (exact) mass is 221 g/mol. The molecule has 0 radical (unpaired) electrons. The van der Waals surface area contributed by atoms with Gasteiger partial charge in [-0.3, -0.25) is 0 Å². The topological polar surface area (TPSA) is 35.2 Å². The van der Waals surface area contributed by atoms with Crippen LogP contribution in [0.3, 0.4) is 0 Å². The molecule has 1 aromatic rings. The minimum Gasteiger partial charge on any atom is -0.492 e. The van der Waals surface area contributed by atoms with Gasteiger partial charge in [0.25, 0.3) is 0 Å². The maximum Gasteiger partial charge on any atom is 0.122 e. The zero-order chi connectivity index (χ0) is 12.0. The van der Waals surface area contributed by atoms with Crippen LogP contribution in [-0.2, 0) is 6.42 Å². The maximum absolute atomic E-state index is 5.96. The fraction of sp³-hybridized carbons (Fsp3) is 0.571. The van der Waals surface area contributed by atoms with Crippen LogP contribution in [0.25, 0.3) is 0 Å². The van der Waals surface area contributed by atoms with Crippen molar-refractivity contribution in [2.75, 3.05) is 6.61 Å². The molecular formula is C14H23NO. The number of ether oxygens (including phenoxy) is 1. The summed E-state index contributed by atoms with van der Waals surface area (Å²) in [5, 5.41) is 0. The summed E-state index contributed by atoms with van der Waals surface area (Å²) < 4.78 is 5.79. The van der Waals surface area contributed by atoms with Gasteiger partial charge in [0.2, 0.25) is 0 Å². The Balaban J connectivity index is 2.58. The molecule has 2 N–H and O–H groups in total. The third-order valence-corrected chi connectivity index (χ3v) is 2.78. The van der Waals surface area contributed by atoms with Gasteiger partial charge < -0.3 is 10.5 Å². The first-order valence-corrected chi connectivity index (χ1v) is 6.11. The number of hydrogen-bond acceptors (Lipinski definition) is 2. The quantitative estimate of drug-likeness (QED) is 0.801. The van der Waals surface area contributed by atoms with Crippen LogP contribution in [0.1, 0.15) is 32.8 Å². The standard InChI is InChI=1S/C14H23NO/c1-4-7-12-8-5-6-9-14(12)16-10-13(15)11(2)3/h5-6,8-9,11,13H,4,7,10,15H2,1-3H3. The summed E-state index contributed by atoms with van der Waals surface area (Å²) in [7, 11) is 0. The number of hydrogen-bond donors (Lipinski definition) is 1. The zero-order valence-electron chi connectivity index (χ0n) is 10.6. The predicted octanol–water partition coefficient (Wildman–Crippen LogP) is 3.00. The minimum atomic E-state index is 0.106. The van der Waals surface area contributed by atoms with Crippen molar-refractivity contribution >= 4 is 0 Å². The van der Waals surface area contributed by atoms with Crippen molar-refractivity contribution in [3.63, 3.8) is 0 Å².